The van der Waals surface area contributed by atoms with Crippen molar-refractivity contribution >= 4 is 11.7 Å². The first-order valence-electron chi connectivity index (χ1n) is 6.17. The number of esters is 1. The number of unbranched alkanes of at least 4 members (excludes halogenated alkanes) is 1. The summed E-state index contributed by atoms with van der Waals surface area (Å²) in [6, 6.07) is 10.4. The Hall–Kier alpha value is -1.51. The molecule has 0 spiro atoms. The van der Waals surface area contributed by atoms with Gasteiger partial charge in [-0.25, -0.2) is 0 Å². The van der Waals surface area contributed by atoms with Gasteiger partial charge in [0.15, 0.2) is 0 Å². The average Bonchev–Trinajstić information content (AvgIpc) is 2.34. The van der Waals surface area contributed by atoms with Gasteiger partial charge >= 0.3 is 5.97 Å². The third-order valence-electron chi connectivity index (χ3n) is 2.63. The minimum Gasteiger partial charge on any atom is -0.466 e. The van der Waals surface area contributed by atoms with E-state index in [-0.39, 0.29) is 5.97 Å². The van der Waals surface area contributed by atoms with Crippen LogP contribution in [0.4, 0.5) is 5.69 Å². The molecule has 0 aromatic heterocycles. The van der Waals surface area contributed by atoms with E-state index in [1.54, 1.807) is 0 Å². The van der Waals surface area contributed by atoms with Crippen molar-refractivity contribution in [1.29, 1.82) is 0 Å². The number of hydrogen-bond donors (Lipinski definition) is 0. The molecule has 0 radical (unpaired) electrons. The summed E-state index contributed by atoms with van der Waals surface area (Å²) in [5.74, 6) is -0.194. The molecule has 1 aromatic carbocycles. The molecule has 1 aromatic rings. The Labute approximate surface area is 103 Å². The van der Waals surface area contributed by atoms with Crippen LogP contribution in [-0.2, 0) is 9.53 Å². The van der Waals surface area contributed by atoms with Crippen molar-refractivity contribution in [3.63, 3.8) is 0 Å². The zero-order valence-electron chi connectivity index (χ0n) is 10.7. The highest BCUT2D eigenvalue weighted by molar-refractivity contribution is 5.65. The van der Waals surface area contributed by atoms with Gasteiger partial charge in [-0.3, -0.25) is 4.79 Å². The molecule has 0 N–H and O–H groups in total. The lowest BCUT2D eigenvalue weighted by atomic mass is 10.2. The summed E-state index contributed by atoms with van der Waals surface area (Å²) >= 11 is 0. The van der Waals surface area contributed by atoms with Gasteiger partial charge in [0.25, 0.3) is 0 Å². The molecule has 0 aliphatic heterocycles. The van der Waals surface area contributed by atoms with Gasteiger partial charge in [-0.15, -0.1) is 0 Å². The van der Waals surface area contributed by atoms with Crippen molar-refractivity contribution < 1.29 is 9.53 Å². The van der Waals surface area contributed by atoms with Crippen LogP contribution < -0.4 is 4.90 Å². The van der Waals surface area contributed by atoms with Gasteiger partial charge < -0.3 is 9.64 Å². The lowest BCUT2D eigenvalue weighted by Crippen LogP contribution is -2.24. The number of nitrogens with zero attached hydrogens (tertiary/aromatic N) is 1. The number of hydrogen-bond acceptors (Lipinski definition) is 3. The van der Waals surface area contributed by atoms with Crippen molar-refractivity contribution in [2.45, 2.75) is 26.7 Å². The fourth-order valence-electron chi connectivity index (χ4n) is 1.73. The first-order valence-corrected chi connectivity index (χ1v) is 6.17. The minimum absolute atomic E-state index is 0.194. The van der Waals surface area contributed by atoms with Gasteiger partial charge in [-0.1, -0.05) is 18.2 Å². The third kappa shape index (κ3) is 5.38. The van der Waals surface area contributed by atoms with E-state index in [0.29, 0.717) is 6.61 Å². The van der Waals surface area contributed by atoms with E-state index in [0.717, 1.165) is 25.9 Å². The van der Waals surface area contributed by atoms with Gasteiger partial charge in [0.2, 0.25) is 0 Å². The maximum absolute atomic E-state index is 10.6. The fraction of sp³-hybridized carbons (Fsp3) is 0.500. The maximum Gasteiger partial charge on any atom is 0.302 e. The van der Waals surface area contributed by atoms with Gasteiger partial charge in [0.1, 0.15) is 0 Å². The van der Waals surface area contributed by atoms with E-state index in [4.69, 9.17) is 4.74 Å². The third-order valence-corrected chi connectivity index (χ3v) is 2.63. The predicted octanol–water partition coefficient (Wildman–Crippen LogP) is 2.86. The molecule has 3 nitrogen and oxygen atoms in total. The topological polar surface area (TPSA) is 29.5 Å². The first kappa shape index (κ1) is 13.6. The molecule has 3 heteroatoms. The Balaban J connectivity index is 2.26. The minimum atomic E-state index is -0.194. The fourth-order valence-corrected chi connectivity index (χ4v) is 1.73. The molecule has 0 amide bonds. The molecular formula is C14H21NO2. The number of para-hydroxylation sites is 1. The van der Waals surface area contributed by atoms with Gasteiger partial charge in [0.05, 0.1) is 6.61 Å². The highest BCUT2D eigenvalue weighted by Crippen LogP contribution is 2.13. The summed E-state index contributed by atoms with van der Waals surface area (Å²) in [6.07, 6.45) is 1.96. The van der Waals surface area contributed by atoms with E-state index < -0.39 is 0 Å². The highest BCUT2D eigenvalue weighted by atomic mass is 16.5. The van der Waals surface area contributed by atoms with E-state index in [1.807, 2.05) is 6.07 Å². The van der Waals surface area contributed by atoms with Crippen LogP contribution >= 0.6 is 0 Å². The molecule has 1 rings (SSSR count). The van der Waals surface area contributed by atoms with Gasteiger partial charge in [-0.2, -0.15) is 0 Å². The standard InChI is InChI=1S/C14H21NO2/c1-3-15(14-9-5-4-6-10-14)11-7-8-12-17-13(2)16/h4-6,9-10H,3,7-8,11-12H2,1-2H3. The molecule has 0 bridgehead atoms. The molecule has 0 saturated heterocycles. The summed E-state index contributed by atoms with van der Waals surface area (Å²) in [5.41, 5.74) is 1.25. The molecule has 0 aliphatic rings. The van der Waals surface area contributed by atoms with Crippen LogP contribution in [0.2, 0.25) is 0 Å². The van der Waals surface area contributed by atoms with Crippen LogP contribution in [0.15, 0.2) is 30.3 Å². The summed E-state index contributed by atoms with van der Waals surface area (Å²) in [5, 5.41) is 0. The van der Waals surface area contributed by atoms with Crippen LogP contribution in [0.3, 0.4) is 0 Å². The second-order valence-electron chi connectivity index (χ2n) is 3.96. The number of carbonyl (C=O) groups excluding carboxylic acids is 1. The summed E-state index contributed by atoms with van der Waals surface area (Å²) in [7, 11) is 0. The second-order valence-corrected chi connectivity index (χ2v) is 3.96. The molecule has 94 valence electrons. The summed E-state index contributed by atoms with van der Waals surface area (Å²) < 4.78 is 4.91. The van der Waals surface area contributed by atoms with Gasteiger partial charge in [-0.05, 0) is 31.9 Å². The summed E-state index contributed by atoms with van der Waals surface area (Å²) in [4.78, 5) is 12.9. The predicted molar refractivity (Wildman–Crippen MR) is 70.2 cm³/mol. The molecule has 17 heavy (non-hydrogen) atoms. The smallest absolute Gasteiger partial charge is 0.302 e. The number of rotatable bonds is 7. The van der Waals surface area contributed by atoms with Crippen LogP contribution in [0.5, 0.6) is 0 Å². The number of carbonyl (C=O) groups is 1. The van der Waals surface area contributed by atoms with E-state index in [9.17, 15) is 4.79 Å². The highest BCUT2D eigenvalue weighted by Gasteiger charge is 2.02. The SMILES string of the molecule is CCN(CCCCOC(C)=O)c1ccccc1. The Morgan fingerprint density at radius 3 is 2.53 bits per heavy atom. The Kier molecular flexibility index (Phi) is 6.15. The Morgan fingerprint density at radius 2 is 1.94 bits per heavy atom. The normalized spacial score (nSPS) is 10.0. The molecule has 0 saturated carbocycles. The van der Waals surface area contributed by atoms with E-state index >= 15 is 0 Å². The average molecular weight is 235 g/mol. The molecule has 0 fully saturated rings. The van der Waals surface area contributed by atoms with E-state index in [1.165, 1.54) is 12.6 Å². The van der Waals surface area contributed by atoms with Crippen LogP contribution in [0.25, 0.3) is 0 Å². The molecule has 0 atom stereocenters. The van der Waals surface area contributed by atoms with Crippen LogP contribution in [0.1, 0.15) is 26.7 Å². The van der Waals surface area contributed by atoms with Crippen LogP contribution in [0, 0.1) is 0 Å². The first-order chi connectivity index (χ1) is 8.24. The lowest BCUT2D eigenvalue weighted by Gasteiger charge is -2.22. The quantitative estimate of drug-likeness (QED) is 0.537. The maximum atomic E-state index is 10.6. The largest absolute Gasteiger partial charge is 0.466 e. The summed E-state index contributed by atoms with van der Waals surface area (Å²) in [6.45, 7) is 6.13. The zero-order valence-corrected chi connectivity index (χ0v) is 10.7. The second kappa shape index (κ2) is 7.71. The Morgan fingerprint density at radius 1 is 1.24 bits per heavy atom. The zero-order chi connectivity index (χ0) is 12.5. The lowest BCUT2D eigenvalue weighted by molar-refractivity contribution is -0.141. The number of benzene rings is 1. The number of anilines is 1. The van der Waals surface area contributed by atoms with Crippen molar-refractivity contribution in [3.05, 3.63) is 30.3 Å². The molecule has 0 unspecified atom stereocenters. The Bertz CT molecular complexity index is 324. The number of ether oxygens (including phenoxy) is 1. The van der Waals surface area contributed by atoms with Crippen molar-refractivity contribution in [2.24, 2.45) is 0 Å². The van der Waals surface area contributed by atoms with Crippen molar-refractivity contribution in [2.75, 3.05) is 24.6 Å². The molecule has 0 aliphatic carbocycles. The van der Waals surface area contributed by atoms with Gasteiger partial charge in [0, 0.05) is 25.7 Å². The molecule has 0 heterocycles. The molecular weight excluding hydrogens is 214 g/mol. The van der Waals surface area contributed by atoms with Crippen LogP contribution in [-0.4, -0.2) is 25.7 Å². The van der Waals surface area contributed by atoms with E-state index in [2.05, 4.69) is 36.1 Å². The van der Waals surface area contributed by atoms with Crippen molar-refractivity contribution in [1.82, 2.24) is 0 Å². The van der Waals surface area contributed by atoms with Crippen molar-refractivity contribution in [3.8, 4) is 0 Å². The monoisotopic (exact) mass is 235 g/mol.